The van der Waals surface area contributed by atoms with Gasteiger partial charge in [-0.25, -0.2) is 0 Å². The molecule has 2 heterocycles. The van der Waals surface area contributed by atoms with Crippen LogP contribution in [0.4, 0.5) is 14.5 Å². The maximum Gasteiger partial charge on any atom is 0.387 e. The topological polar surface area (TPSA) is 67.4 Å². The summed E-state index contributed by atoms with van der Waals surface area (Å²) in [5, 5.41) is 6.53. The molecule has 0 radical (unpaired) electrons. The first-order valence-electron chi connectivity index (χ1n) is 7.00. The normalized spacial score (nSPS) is 17.5. The fourth-order valence-corrected chi connectivity index (χ4v) is 2.95. The third kappa shape index (κ3) is 3.73. The number of alkyl halides is 2. The molecule has 1 aromatic heterocycles. The van der Waals surface area contributed by atoms with Gasteiger partial charge in [-0.15, -0.1) is 5.10 Å². The van der Waals surface area contributed by atoms with Crippen LogP contribution in [-0.4, -0.2) is 41.2 Å². The van der Waals surface area contributed by atoms with Crippen LogP contribution < -0.4 is 15.0 Å². The number of aromatic nitrogens is 2. The number of carbonyl (C=O) groups is 1. The lowest BCUT2D eigenvalue weighted by Gasteiger charge is -2.21. The third-order valence-electron chi connectivity index (χ3n) is 3.53. The highest BCUT2D eigenvalue weighted by Gasteiger charge is 2.27. The van der Waals surface area contributed by atoms with Gasteiger partial charge in [0.25, 0.3) is 5.91 Å². The summed E-state index contributed by atoms with van der Waals surface area (Å²) in [6.45, 7) is -1.69. The zero-order chi connectivity index (χ0) is 16.2. The van der Waals surface area contributed by atoms with Gasteiger partial charge < -0.3 is 15.0 Å². The number of halogens is 2. The zero-order valence-electron chi connectivity index (χ0n) is 12.0. The average molecular weight is 340 g/mol. The molecule has 3 rings (SSSR count). The third-order valence-corrected chi connectivity index (χ3v) is 4.19. The molecule has 2 aromatic rings. The van der Waals surface area contributed by atoms with Gasteiger partial charge in [0.2, 0.25) is 0 Å². The smallest absolute Gasteiger partial charge is 0.387 e. The van der Waals surface area contributed by atoms with E-state index in [0.717, 1.165) is 18.0 Å². The van der Waals surface area contributed by atoms with Crippen molar-refractivity contribution in [2.75, 3.05) is 18.0 Å². The predicted molar refractivity (Wildman–Crippen MR) is 81.1 cm³/mol. The highest BCUT2D eigenvalue weighted by molar-refractivity contribution is 7.07. The largest absolute Gasteiger partial charge is 0.433 e. The number of hydrogen-bond donors (Lipinski definition) is 1. The van der Waals surface area contributed by atoms with E-state index in [-0.39, 0.29) is 17.7 Å². The molecule has 0 unspecified atom stereocenters. The molecule has 0 bridgehead atoms. The van der Waals surface area contributed by atoms with Crippen molar-refractivity contribution < 1.29 is 18.3 Å². The van der Waals surface area contributed by atoms with Crippen molar-refractivity contribution in [1.29, 1.82) is 0 Å². The lowest BCUT2D eigenvalue weighted by atomic mass is 10.2. The number of para-hydroxylation sites is 2. The first kappa shape index (κ1) is 15.6. The number of hydrogen-bond acceptors (Lipinski definition) is 6. The minimum Gasteiger partial charge on any atom is -0.433 e. The van der Waals surface area contributed by atoms with Crippen LogP contribution in [0.25, 0.3) is 0 Å². The van der Waals surface area contributed by atoms with Crippen molar-refractivity contribution in [3.8, 4) is 5.75 Å². The van der Waals surface area contributed by atoms with Crippen LogP contribution in [0, 0.1) is 0 Å². The Morgan fingerprint density at radius 3 is 3.00 bits per heavy atom. The molecular weight excluding hydrogens is 326 g/mol. The number of carbonyl (C=O) groups excluding carboxylic acids is 1. The van der Waals surface area contributed by atoms with Crippen molar-refractivity contribution in [3.63, 3.8) is 0 Å². The van der Waals surface area contributed by atoms with Crippen LogP contribution in [0.5, 0.6) is 5.75 Å². The van der Waals surface area contributed by atoms with Gasteiger partial charge in [0, 0.05) is 19.1 Å². The molecule has 6 nitrogen and oxygen atoms in total. The van der Waals surface area contributed by atoms with Crippen molar-refractivity contribution in [2.24, 2.45) is 0 Å². The van der Waals surface area contributed by atoms with Gasteiger partial charge in [0.1, 0.15) is 10.6 Å². The summed E-state index contributed by atoms with van der Waals surface area (Å²) in [5.41, 5.74) is 0.601. The number of rotatable bonds is 5. The van der Waals surface area contributed by atoms with Crippen molar-refractivity contribution in [1.82, 2.24) is 14.9 Å². The Labute approximate surface area is 135 Å². The standard InChI is InChI=1S/C14H14F2N4O2S/c15-14(16)22-11-4-2-1-3-10(11)20-6-5-9(8-20)18-13(21)12-7-17-19-23-12/h1-4,7,9,14H,5-6,8H2,(H,18,21)/t9-/m0/s1. The fourth-order valence-electron chi connectivity index (χ4n) is 2.53. The second-order valence-corrected chi connectivity index (χ2v) is 5.82. The molecule has 1 atom stereocenters. The number of amides is 1. The monoisotopic (exact) mass is 340 g/mol. The SMILES string of the molecule is O=C(N[C@H]1CCN(c2ccccc2OC(F)F)C1)c1cnns1. The van der Waals surface area contributed by atoms with E-state index in [9.17, 15) is 13.6 Å². The molecule has 0 spiro atoms. The van der Waals surface area contributed by atoms with E-state index in [1.165, 1.54) is 12.3 Å². The molecule has 1 N–H and O–H groups in total. The number of anilines is 1. The van der Waals surface area contributed by atoms with E-state index in [4.69, 9.17) is 0 Å². The first-order valence-corrected chi connectivity index (χ1v) is 7.78. The molecule has 23 heavy (non-hydrogen) atoms. The van der Waals surface area contributed by atoms with Gasteiger partial charge in [-0.05, 0) is 30.1 Å². The fraction of sp³-hybridized carbons (Fsp3) is 0.357. The summed E-state index contributed by atoms with van der Waals surface area (Å²) in [7, 11) is 0. The summed E-state index contributed by atoms with van der Waals surface area (Å²) in [4.78, 5) is 14.4. The second kappa shape index (κ2) is 6.86. The molecular formula is C14H14F2N4O2S. The molecule has 1 fully saturated rings. The lowest BCUT2D eigenvalue weighted by molar-refractivity contribution is -0.0495. The van der Waals surface area contributed by atoms with E-state index >= 15 is 0 Å². The van der Waals surface area contributed by atoms with Crippen LogP contribution in [0.15, 0.2) is 30.5 Å². The van der Waals surface area contributed by atoms with Crippen LogP contribution in [0.3, 0.4) is 0 Å². The molecule has 0 aliphatic carbocycles. The molecule has 122 valence electrons. The Hall–Kier alpha value is -2.29. The summed E-state index contributed by atoms with van der Waals surface area (Å²) in [5.74, 6) is -0.0786. The molecule has 1 aromatic carbocycles. The Morgan fingerprint density at radius 1 is 1.43 bits per heavy atom. The van der Waals surface area contributed by atoms with Gasteiger partial charge in [-0.3, -0.25) is 4.79 Å². The summed E-state index contributed by atoms with van der Waals surface area (Å²) >= 11 is 1.03. The van der Waals surface area contributed by atoms with Crippen molar-refractivity contribution in [2.45, 2.75) is 19.1 Å². The van der Waals surface area contributed by atoms with Gasteiger partial charge in [0.05, 0.1) is 11.9 Å². The van der Waals surface area contributed by atoms with Crippen molar-refractivity contribution >= 4 is 23.1 Å². The average Bonchev–Trinajstić information content (AvgIpc) is 3.18. The van der Waals surface area contributed by atoms with Crippen LogP contribution in [0.2, 0.25) is 0 Å². The van der Waals surface area contributed by atoms with Crippen LogP contribution in [-0.2, 0) is 0 Å². The number of ether oxygens (including phenoxy) is 1. The molecule has 9 heteroatoms. The lowest BCUT2D eigenvalue weighted by Crippen LogP contribution is -2.36. The van der Waals surface area contributed by atoms with E-state index in [1.54, 1.807) is 18.2 Å². The minimum atomic E-state index is -2.87. The molecule has 1 aliphatic rings. The van der Waals surface area contributed by atoms with Crippen LogP contribution >= 0.6 is 11.5 Å². The van der Waals surface area contributed by atoms with Crippen LogP contribution in [0.1, 0.15) is 16.1 Å². The molecule has 1 saturated heterocycles. The summed E-state index contributed by atoms with van der Waals surface area (Å²) in [6.07, 6.45) is 2.14. The Kier molecular flexibility index (Phi) is 4.65. The van der Waals surface area contributed by atoms with Gasteiger partial charge >= 0.3 is 6.61 Å². The Morgan fingerprint density at radius 2 is 2.26 bits per heavy atom. The number of benzene rings is 1. The van der Waals surface area contributed by atoms with Gasteiger partial charge in [-0.2, -0.15) is 8.78 Å². The molecule has 0 saturated carbocycles. The van der Waals surface area contributed by atoms with Crippen molar-refractivity contribution in [3.05, 3.63) is 35.3 Å². The molecule has 1 amide bonds. The predicted octanol–water partition coefficient (Wildman–Crippen LogP) is 2.15. The number of nitrogens with zero attached hydrogens (tertiary/aromatic N) is 3. The van der Waals surface area contributed by atoms with E-state index in [0.29, 0.717) is 23.7 Å². The Bertz CT molecular complexity index is 669. The maximum atomic E-state index is 12.5. The van der Waals surface area contributed by atoms with Gasteiger partial charge in [0.15, 0.2) is 0 Å². The highest BCUT2D eigenvalue weighted by Crippen LogP contribution is 2.31. The Balaban J connectivity index is 1.65. The minimum absolute atomic E-state index is 0.0655. The van der Waals surface area contributed by atoms with E-state index in [1.807, 2.05) is 4.90 Å². The second-order valence-electron chi connectivity index (χ2n) is 5.03. The number of nitrogens with one attached hydrogen (secondary N) is 1. The van der Waals surface area contributed by atoms with E-state index < -0.39 is 6.61 Å². The summed E-state index contributed by atoms with van der Waals surface area (Å²) in [6, 6.07) is 6.59. The first-order chi connectivity index (χ1) is 11.1. The molecule has 1 aliphatic heterocycles. The quantitative estimate of drug-likeness (QED) is 0.903. The highest BCUT2D eigenvalue weighted by atomic mass is 32.1. The van der Waals surface area contributed by atoms with E-state index in [2.05, 4.69) is 19.6 Å². The zero-order valence-corrected chi connectivity index (χ0v) is 12.8. The van der Waals surface area contributed by atoms with Gasteiger partial charge in [-0.1, -0.05) is 16.6 Å². The summed E-state index contributed by atoms with van der Waals surface area (Å²) < 4.78 is 33.2. The maximum absolute atomic E-state index is 12.5.